The number of nitrogens with zero attached hydrogens (tertiary/aromatic N) is 2. The summed E-state index contributed by atoms with van der Waals surface area (Å²) in [5.74, 6) is 1.21. The van der Waals surface area contributed by atoms with Crippen molar-refractivity contribution in [2.24, 2.45) is 0 Å². The predicted octanol–water partition coefficient (Wildman–Crippen LogP) is 3.52. The average Bonchev–Trinajstić information content (AvgIpc) is 3.21. The fourth-order valence-electron chi connectivity index (χ4n) is 2.76. The molecule has 0 aliphatic carbocycles. The largest absolute Gasteiger partial charge is 0.485 e. The molecule has 2 heterocycles. The minimum absolute atomic E-state index is 0.0543. The number of hydrogen-bond donors (Lipinski definition) is 1. The van der Waals surface area contributed by atoms with Gasteiger partial charge in [-0.2, -0.15) is 0 Å². The highest BCUT2D eigenvalue weighted by molar-refractivity contribution is 7.99. The normalized spacial score (nSPS) is 15.0. The molecule has 3 aromatic rings. The van der Waals surface area contributed by atoms with E-state index in [0.717, 1.165) is 11.8 Å². The molecule has 0 bridgehead atoms. The first-order valence-electron chi connectivity index (χ1n) is 8.84. The molecular weight excluding hydrogens is 394 g/mol. The number of aromatic nitrogens is 2. The number of para-hydroxylation sites is 3. The molecule has 8 nitrogen and oxygen atoms in total. The van der Waals surface area contributed by atoms with Crippen molar-refractivity contribution in [1.82, 2.24) is 10.2 Å². The monoisotopic (exact) mass is 411 g/mol. The average molecular weight is 411 g/mol. The third kappa shape index (κ3) is 4.40. The number of fused-ring (bicyclic) bond motifs is 1. The molecule has 1 aromatic heterocycles. The number of nitrogens with one attached hydrogen (secondary N) is 1. The minimum Gasteiger partial charge on any atom is -0.485 e. The van der Waals surface area contributed by atoms with Crippen molar-refractivity contribution in [3.05, 3.63) is 60.0 Å². The Morgan fingerprint density at radius 1 is 1.10 bits per heavy atom. The molecule has 0 radical (unpaired) electrons. The van der Waals surface area contributed by atoms with Crippen LogP contribution in [0.15, 0.2) is 58.2 Å². The lowest BCUT2D eigenvalue weighted by Gasteiger charge is -2.23. The zero-order valence-electron chi connectivity index (χ0n) is 15.5. The molecule has 4 rings (SSSR count). The molecule has 0 saturated heterocycles. The van der Waals surface area contributed by atoms with E-state index in [1.165, 1.54) is 6.92 Å². The number of ketones is 1. The van der Waals surface area contributed by atoms with Crippen LogP contribution in [0, 0.1) is 0 Å². The van der Waals surface area contributed by atoms with Gasteiger partial charge < -0.3 is 19.2 Å². The minimum atomic E-state index is -0.511. The molecule has 0 fully saturated rings. The van der Waals surface area contributed by atoms with E-state index in [-0.39, 0.29) is 35.2 Å². The predicted molar refractivity (Wildman–Crippen MR) is 105 cm³/mol. The molecule has 0 saturated carbocycles. The van der Waals surface area contributed by atoms with Gasteiger partial charge in [-0.1, -0.05) is 36.0 Å². The van der Waals surface area contributed by atoms with Gasteiger partial charge in [-0.25, -0.2) is 0 Å². The second kappa shape index (κ2) is 8.36. The first-order valence-corrected chi connectivity index (χ1v) is 9.83. The fourth-order valence-corrected chi connectivity index (χ4v) is 3.33. The summed E-state index contributed by atoms with van der Waals surface area (Å²) in [4.78, 5) is 23.9. The summed E-state index contributed by atoms with van der Waals surface area (Å²) in [7, 11) is 0. The number of amides is 1. The van der Waals surface area contributed by atoms with Gasteiger partial charge in [-0.15, -0.1) is 10.2 Å². The molecule has 1 aliphatic rings. The molecular formula is C20H17N3O5S. The Balaban J connectivity index is 1.34. The van der Waals surface area contributed by atoms with Gasteiger partial charge in [0.1, 0.15) is 6.61 Å². The molecule has 9 heteroatoms. The zero-order chi connectivity index (χ0) is 20.2. The highest BCUT2D eigenvalue weighted by Gasteiger charge is 2.27. The maximum atomic E-state index is 12.2. The molecule has 2 aromatic carbocycles. The van der Waals surface area contributed by atoms with Crippen LogP contribution in [0.5, 0.6) is 11.5 Å². The van der Waals surface area contributed by atoms with Crippen molar-refractivity contribution in [2.45, 2.75) is 18.3 Å². The smallest absolute Gasteiger partial charge is 0.277 e. The quantitative estimate of drug-likeness (QED) is 0.485. The lowest BCUT2D eigenvalue weighted by atomic mass is 10.1. The van der Waals surface area contributed by atoms with Gasteiger partial charge >= 0.3 is 0 Å². The molecule has 1 amide bonds. The Bertz CT molecular complexity index is 1050. The number of ether oxygens (including phenoxy) is 2. The molecule has 0 spiro atoms. The van der Waals surface area contributed by atoms with Crippen LogP contribution in [0.25, 0.3) is 0 Å². The topological polar surface area (TPSA) is 104 Å². The van der Waals surface area contributed by atoms with Gasteiger partial charge in [0.05, 0.1) is 11.4 Å². The van der Waals surface area contributed by atoms with Gasteiger partial charge in [0.25, 0.3) is 11.1 Å². The van der Waals surface area contributed by atoms with Crippen molar-refractivity contribution >= 4 is 29.1 Å². The zero-order valence-corrected chi connectivity index (χ0v) is 16.3. The van der Waals surface area contributed by atoms with Crippen LogP contribution in [-0.2, 0) is 4.79 Å². The Morgan fingerprint density at radius 2 is 1.86 bits per heavy atom. The van der Waals surface area contributed by atoms with Crippen molar-refractivity contribution in [1.29, 1.82) is 0 Å². The Morgan fingerprint density at radius 3 is 2.69 bits per heavy atom. The maximum Gasteiger partial charge on any atom is 0.277 e. The van der Waals surface area contributed by atoms with E-state index in [2.05, 4.69) is 15.5 Å². The van der Waals surface area contributed by atoms with Crippen molar-refractivity contribution in [2.75, 3.05) is 17.7 Å². The summed E-state index contributed by atoms with van der Waals surface area (Å²) in [5, 5.41) is 10.9. The summed E-state index contributed by atoms with van der Waals surface area (Å²) in [6.45, 7) is 1.71. The fraction of sp³-hybridized carbons (Fsp3) is 0.200. The maximum absolute atomic E-state index is 12.2. The SMILES string of the molecule is CC(=O)c1ccccc1NC(=O)CSc1nnc([C@@H]2COc3ccccc3O2)o1. The van der Waals surface area contributed by atoms with E-state index in [9.17, 15) is 9.59 Å². The van der Waals surface area contributed by atoms with Gasteiger partial charge in [0.2, 0.25) is 12.0 Å². The lowest BCUT2D eigenvalue weighted by Crippen LogP contribution is -2.21. The molecule has 148 valence electrons. The molecule has 0 unspecified atom stereocenters. The summed E-state index contributed by atoms with van der Waals surface area (Å²) < 4.78 is 17.1. The van der Waals surface area contributed by atoms with Crippen molar-refractivity contribution < 1.29 is 23.5 Å². The summed E-state index contributed by atoms with van der Waals surface area (Å²) >= 11 is 1.10. The highest BCUT2D eigenvalue weighted by Crippen LogP contribution is 2.35. The standard InChI is InChI=1S/C20H17N3O5S/c1-12(24)13-6-2-3-7-14(13)21-18(25)11-29-20-23-22-19(28-20)17-10-26-15-8-4-5-9-16(15)27-17/h2-9,17H,10-11H2,1H3,(H,21,25)/t17-/m0/s1. The van der Waals surface area contributed by atoms with E-state index in [1.54, 1.807) is 30.3 Å². The second-order valence-corrected chi connectivity index (χ2v) is 7.14. The third-order valence-corrected chi connectivity index (χ3v) is 4.93. The number of carbonyl (C=O) groups is 2. The third-order valence-electron chi connectivity index (χ3n) is 4.11. The summed E-state index contributed by atoms with van der Waals surface area (Å²) in [6, 6.07) is 14.2. The van der Waals surface area contributed by atoms with Crippen LogP contribution >= 0.6 is 11.8 Å². The van der Waals surface area contributed by atoms with Gasteiger partial charge in [0, 0.05) is 5.56 Å². The summed E-state index contributed by atoms with van der Waals surface area (Å²) in [5.41, 5.74) is 0.934. The van der Waals surface area contributed by atoms with E-state index in [4.69, 9.17) is 13.9 Å². The van der Waals surface area contributed by atoms with Crippen LogP contribution in [0.1, 0.15) is 29.3 Å². The Hall–Kier alpha value is -3.33. The van der Waals surface area contributed by atoms with Crippen LogP contribution in [-0.4, -0.2) is 34.2 Å². The number of thioether (sulfide) groups is 1. The lowest BCUT2D eigenvalue weighted by molar-refractivity contribution is -0.113. The Labute approximate surface area is 170 Å². The highest BCUT2D eigenvalue weighted by atomic mass is 32.2. The number of anilines is 1. The van der Waals surface area contributed by atoms with Crippen LogP contribution in [0.4, 0.5) is 5.69 Å². The molecule has 1 N–H and O–H groups in total. The van der Waals surface area contributed by atoms with Gasteiger partial charge in [0.15, 0.2) is 17.3 Å². The van der Waals surface area contributed by atoms with E-state index >= 15 is 0 Å². The molecule has 1 atom stereocenters. The number of rotatable bonds is 6. The van der Waals surface area contributed by atoms with Crippen molar-refractivity contribution in [3.63, 3.8) is 0 Å². The first-order chi connectivity index (χ1) is 14.1. The molecule has 29 heavy (non-hydrogen) atoms. The van der Waals surface area contributed by atoms with Crippen LogP contribution < -0.4 is 14.8 Å². The van der Waals surface area contributed by atoms with Crippen molar-refractivity contribution in [3.8, 4) is 11.5 Å². The molecule has 1 aliphatic heterocycles. The number of carbonyl (C=O) groups excluding carboxylic acids is 2. The first kappa shape index (κ1) is 19.0. The summed E-state index contributed by atoms with van der Waals surface area (Å²) in [6.07, 6.45) is -0.511. The van der Waals surface area contributed by atoms with Gasteiger partial charge in [-0.3, -0.25) is 9.59 Å². The Kier molecular flexibility index (Phi) is 5.48. The van der Waals surface area contributed by atoms with E-state index in [0.29, 0.717) is 22.7 Å². The van der Waals surface area contributed by atoms with Crippen LogP contribution in [0.2, 0.25) is 0 Å². The van der Waals surface area contributed by atoms with Crippen LogP contribution in [0.3, 0.4) is 0 Å². The number of hydrogen-bond acceptors (Lipinski definition) is 8. The van der Waals surface area contributed by atoms with Gasteiger partial charge in [-0.05, 0) is 31.2 Å². The number of Topliss-reactive ketones (excluding diaryl/α,β-unsaturated/α-hetero) is 1. The number of benzene rings is 2. The second-order valence-electron chi connectivity index (χ2n) is 6.21. The van der Waals surface area contributed by atoms with E-state index in [1.807, 2.05) is 18.2 Å². The van der Waals surface area contributed by atoms with E-state index < -0.39 is 6.10 Å².